The predicted molar refractivity (Wildman–Crippen MR) is 84.2 cm³/mol. The average Bonchev–Trinajstić information content (AvgIpc) is 2.38. The lowest BCUT2D eigenvalue weighted by Gasteiger charge is -2.33. The number of urea groups is 1. The van der Waals surface area contributed by atoms with Crippen molar-refractivity contribution in [3.05, 3.63) is 29.8 Å². The molecule has 1 aliphatic heterocycles. The van der Waals surface area contributed by atoms with Crippen LogP contribution in [0, 0.1) is 0 Å². The molecule has 20 heavy (non-hydrogen) atoms. The van der Waals surface area contributed by atoms with Crippen LogP contribution in [-0.2, 0) is 5.41 Å². The number of benzene rings is 1. The van der Waals surface area contributed by atoms with Gasteiger partial charge in [-0.3, -0.25) is 0 Å². The Bertz CT molecular complexity index is 459. The highest BCUT2D eigenvalue weighted by atomic mass is 16.2. The van der Waals surface area contributed by atoms with E-state index in [-0.39, 0.29) is 11.4 Å². The molecule has 2 amide bonds. The molecule has 0 saturated carbocycles. The van der Waals surface area contributed by atoms with Crippen LogP contribution in [0.5, 0.6) is 0 Å². The summed E-state index contributed by atoms with van der Waals surface area (Å²) in [5.74, 6) is 0. The van der Waals surface area contributed by atoms with Crippen LogP contribution in [0.3, 0.4) is 0 Å². The fraction of sp³-hybridized carbons (Fsp3) is 0.588. The first-order valence-corrected chi connectivity index (χ1v) is 7.56. The molecule has 0 bridgehead atoms. The second-order valence-electron chi connectivity index (χ2n) is 6.80. The minimum absolute atomic E-state index is 0.0284. The molecule has 0 unspecified atom stereocenters. The van der Waals surface area contributed by atoms with Crippen molar-refractivity contribution in [2.24, 2.45) is 0 Å². The Morgan fingerprint density at radius 2 is 1.85 bits per heavy atom. The lowest BCUT2D eigenvalue weighted by molar-refractivity contribution is 0.170. The van der Waals surface area contributed by atoms with Crippen molar-refractivity contribution < 1.29 is 4.79 Å². The van der Waals surface area contributed by atoms with Gasteiger partial charge in [0.2, 0.25) is 0 Å². The minimum atomic E-state index is 0.0284. The molecule has 1 N–H and O–H groups in total. The van der Waals surface area contributed by atoms with Gasteiger partial charge in [0.05, 0.1) is 0 Å². The smallest absolute Gasteiger partial charge is 0.322 e. The van der Waals surface area contributed by atoms with Crippen molar-refractivity contribution in [3.8, 4) is 0 Å². The molecule has 2 rings (SSSR count). The fourth-order valence-electron chi connectivity index (χ4n) is 2.65. The first-order chi connectivity index (χ1) is 9.38. The second kappa shape index (κ2) is 5.86. The third kappa shape index (κ3) is 3.53. The molecular formula is C17H26N2O. The fourth-order valence-corrected chi connectivity index (χ4v) is 2.65. The van der Waals surface area contributed by atoms with Crippen LogP contribution in [0.2, 0.25) is 0 Å². The largest absolute Gasteiger partial charge is 0.322 e. The van der Waals surface area contributed by atoms with Gasteiger partial charge < -0.3 is 10.2 Å². The molecule has 3 heteroatoms. The molecule has 1 aromatic carbocycles. The van der Waals surface area contributed by atoms with Gasteiger partial charge >= 0.3 is 6.03 Å². The van der Waals surface area contributed by atoms with E-state index in [1.807, 2.05) is 17.0 Å². The Morgan fingerprint density at radius 3 is 2.40 bits per heavy atom. The lowest BCUT2D eigenvalue weighted by atomic mass is 9.87. The average molecular weight is 274 g/mol. The number of piperidine rings is 1. The number of nitrogens with zero attached hydrogens (tertiary/aromatic N) is 1. The predicted octanol–water partition coefficient (Wildman–Crippen LogP) is 4.39. The van der Waals surface area contributed by atoms with Crippen molar-refractivity contribution in [2.45, 2.75) is 58.4 Å². The molecule has 0 radical (unpaired) electrons. The molecule has 0 aromatic heterocycles. The molecule has 0 spiro atoms. The highest BCUT2D eigenvalue weighted by Crippen LogP contribution is 2.24. The number of anilines is 1. The van der Waals surface area contributed by atoms with E-state index in [0.29, 0.717) is 6.04 Å². The van der Waals surface area contributed by atoms with Crippen molar-refractivity contribution in [2.75, 3.05) is 11.9 Å². The van der Waals surface area contributed by atoms with Gasteiger partial charge in [0.15, 0.2) is 0 Å². The Morgan fingerprint density at radius 1 is 1.20 bits per heavy atom. The first-order valence-electron chi connectivity index (χ1n) is 7.56. The normalized spacial score (nSPS) is 19.8. The number of likely N-dealkylation sites (tertiary alicyclic amines) is 1. The zero-order chi connectivity index (χ0) is 14.8. The Kier molecular flexibility index (Phi) is 4.36. The minimum Gasteiger partial charge on any atom is -0.322 e. The quantitative estimate of drug-likeness (QED) is 0.809. The molecule has 1 heterocycles. The van der Waals surface area contributed by atoms with Gasteiger partial charge in [-0.2, -0.15) is 0 Å². The van der Waals surface area contributed by atoms with E-state index in [9.17, 15) is 4.79 Å². The summed E-state index contributed by atoms with van der Waals surface area (Å²) in [6, 6.07) is 8.54. The molecule has 1 aliphatic rings. The number of hydrogen-bond donors (Lipinski definition) is 1. The van der Waals surface area contributed by atoms with Crippen LogP contribution in [0.4, 0.5) is 10.5 Å². The Balaban J connectivity index is 2.01. The summed E-state index contributed by atoms with van der Waals surface area (Å²) in [7, 11) is 0. The molecule has 0 aliphatic carbocycles. The van der Waals surface area contributed by atoms with Crippen LogP contribution < -0.4 is 5.32 Å². The summed E-state index contributed by atoms with van der Waals surface area (Å²) in [5, 5.41) is 3.01. The van der Waals surface area contributed by atoms with E-state index in [0.717, 1.165) is 25.1 Å². The van der Waals surface area contributed by atoms with Gasteiger partial charge in [-0.25, -0.2) is 4.79 Å². The van der Waals surface area contributed by atoms with Crippen molar-refractivity contribution in [1.82, 2.24) is 4.90 Å². The molecule has 1 saturated heterocycles. The second-order valence-corrected chi connectivity index (χ2v) is 6.80. The van der Waals surface area contributed by atoms with E-state index < -0.39 is 0 Å². The molecule has 3 nitrogen and oxygen atoms in total. The topological polar surface area (TPSA) is 32.3 Å². The van der Waals surface area contributed by atoms with Crippen molar-refractivity contribution >= 4 is 11.7 Å². The van der Waals surface area contributed by atoms with E-state index in [1.54, 1.807) is 0 Å². The van der Waals surface area contributed by atoms with E-state index in [1.165, 1.54) is 12.0 Å². The lowest BCUT2D eigenvalue weighted by Crippen LogP contribution is -2.44. The highest BCUT2D eigenvalue weighted by Gasteiger charge is 2.23. The molecule has 1 fully saturated rings. The SMILES string of the molecule is C[C@@H]1CCCCN1C(=O)Nc1ccc(C(C)(C)C)cc1. The molecule has 1 aromatic rings. The number of carbonyl (C=O) groups excluding carboxylic acids is 1. The van der Waals surface area contributed by atoms with Gasteiger partial charge in [0.25, 0.3) is 0 Å². The van der Waals surface area contributed by atoms with E-state index in [4.69, 9.17) is 0 Å². The number of amides is 2. The summed E-state index contributed by atoms with van der Waals surface area (Å²) in [5.41, 5.74) is 2.30. The number of carbonyl (C=O) groups is 1. The zero-order valence-corrected chi connectivity index (χ0v) is 13.1. The standard InChI is InChI=1S/C17H26N2O/c1-13-7-5-6-12-19(13)16(20)18-15-10-8-14(9-11-15)17(2,3)4/h8-11,13H,5-7,12H2,1-4H3,(H,18,20)/t13-/m1/s1. The third-order valence-corrected chi connectivity index (χ3v) is 4.07. The number of rotatable bonds is 1. The van der Waals surface area contributed by atoms with Crippen LogP contribution in [0.25, 0.3) is 0 Å². The zero-order valence-electron chi connectivity index (χ0n) is 13.1. The first kappa shape index (κ1) is 14.9. The number of hydrogen-bond acceptors (Lipinski definition) is 1. The summed E-state index contributed by atoms with van der Waals surface area (Å²) >= 11 is 0. The van der Waals surface area contributed by atoms with Crippen molar-refractivity contribution in [3.63, 3.8) is 0 Å². The molecular weight excluding hydrogens is 248 g/mol. The van der Waals surface area contributed by atoms with Gasteiger partial charge in [0, 0.05) is 18.3 Å². The van der Waals surface area contributed by atoms with Crippen LogP contribution in [0.15, 0.2) is 24.3 Å². The van der Waals surface area contributed by atoms with Gasteiger partial charge in [0.1, 0.15) is 0 Å². The summed E-state index contributed by atoms with van der Waals surface area (Å²) < 4.78 is 0. The van der Waals surface area contributed by atoms with Crippen LogP contribution in [0.1, 0.15) is 52.5 Å². The van der Waals surface area contributed by atoms with E-state index in [2.05, 4.69) is 45.1 Å². The van der Waals surface area contributed by atoms with Gasteiger partial charge in [-0.15, -0.1) is 0 Å². The Labute approximate surface area is 122 Å². The molecule has 1 atom stereocenters. The van der Waals surface area contributed by atoms with Crippen molar-refractivity contribution in [1.29, 1.82) is 0 Å². The monoisotopic (exact) mass is 274 g/mol. The maximum absolute atomic E-state index is 12.3. The molecule has 110 valence electrons. The summed E-state index contributed by atoms with van der Waals surface area (Å²) in [6.07, 6.45) is 3.45. The third-order valence-electron chi connectivity index (χ3n) is 4.07. The summed E-state index contributed by atoms with van der Waals surface area (Å²) in [4.78, 5) is 14.2. The summed E-state index contributed by atoms with van der Waals surface area (Å²) in [6.45, 7) is 9.57. The van der Waals surface area contributed by atoms with Gasteiger partial charge in [-0.05, 0) is 49.3 Å². The maximum atomic E-state index is 12.3. The maximum Gasteiger partial charge on any atom is 0.322 e. The highest BCUT2D eigenvalue weighted by molar-refractivity contribution is 5.89. The van der Waals surface area contributed by atoms with Gasteiger partial charge in [-0.1, -0.05) is 32.9 Å². The van der Waals surface area contributed by atoms with E-state index >= 15 is 0 Å². The van der Waals surface area contributed by atoms with Crippen LogP contribution >= 0.6 is 0 Å². The Hall–Kier alpha value is -1.51. The number of nitrogens with one attached hydrogen (secondary N) is 1. The van der Waals surface area contributed by atoms with Crippen LogP contribution in [-0.4, -0.2) is 23.5 Å².